The summed E-state index contributed by atoms with van der Waals surface area (Å²) < 4.78 is 9.34. The molecule has 0 saturated carbocycles. The van der Waals surface area contributed by atoms with E-state index in [0.29, 0.717) is 0 Å². The first kappa shape index (κ1) is 14.0. The standard InChI is InChI=1S/C8H3Cl6F/c9-7(10,11)5-2-1-4(15)3-6(5)8(12,13)14/h1-3H. The van der Waals surface area contributed by atoms with Gasteiger partial charge in [0.15, 0.2) is 0 Å². The Labute approximate surface area is 116 Å². The quantitative estimate of drug-likeness (QED) is 0.553. The van der Waals surface area contributed by atoms with Gasteiger partial charge in [0.25, 0.3) is 0 Å². The molecule has 0 amide bonds. The molecular formula is C8H3Cl6F. The molecule has 1 aromatic carbocycles. The fourth-order valence-corrected chi connectivity index (χ4v) is 1.96. The van der Waals surface area contributed by atoms with E-state index in [1.807, 2.05) is 0 Å². The average Bonchev–Trinajstić information content (AvgIpc) is 2.00. The van der Waals surface area contributed by atoms with Crippen molar-refractivity contribution in [2.45, 2.75) is 7.59 Å². The molecule has 7 heteroatoms. The van der Waals surface area contributed by atoms with Crippen LogP contribution < -0.4 is 0 Å². The monoisotopic (exact) mass is 328 g/mol. The summed E-state index contributed by atoms with van der Waals surface area (Å²) >= 11 is 33.9. The van der Waals surface area contributed by atoms with Crippen LogP contribution in [0.1, 0.15) is 11.1 Å². The molecule has 0 aliphatic rings. The van der Waals surface area contributed by atoms with Gasteiger partial charge in [0.05, 0.1) is 0 Å². The normalized spacial score (nSPS) is 13.0. The zero-order valence-electron chi connectivity index (χ0n) is 6.88. The van der Waals surface area contributed by atoms with Crippen molar-refractivity contribution in [3.63, 3.8) is 0 Å². The molecule has 15 heavy (non-hydrogen) atoms. The van der Waals surface area contributed by atoms with Crippen LogP contribution >= 0.6 is 69.6 Å². The van der Waals surface area contributed by atoms with Gasteiger partial charge in [0, 0.05) is 11.1 Å². The van der Waals surface area contributed by atoms with Gasteiger partial charge >= 0.3 is 0 Å². The Morgan fingerprint density at radius 1 is 0.800 bits per heavy atom. The van der Waals surface area contributed by atoms with Gasteiger partial charge < -0.3 is 0 Å². The van der Waals surface area contributed by atoms with Crippen LogP contribution in [0.25, 0.3) is 0 Å². The Hall–Kier alpha value is 0.890. The molecule has 0 radical (unpaired) electrons. The largest absolute Gasteiger partial charge is 0.216 e. The van der Waals surface area contributed by atoms with Crippen molar-refractivity contribution < 1.29 is 4.39 Å². The lowest BCUT2D eigenvalue weighted by molar-refractivity contribution is 0.625. The minimum absolute atomic E-state index is 0.00694. The SMILES string of the molecule is Fc1ccc(C(Cl)(Cl)Cl)c(C(Cl)(Cl)Cl)c1. The zero-order chi connectivity index (χ0) is 11.9. The summed E-state index contributed by atoms with van der Waals surface area (Å²) in [7, 11) is 0. The Morgan fingerprint density at radius 2 is 1.27 bits per heavy atom. The van der Waals surface area contributed by atoms with E-state index in [0.717, 1.165) is 12.1 Å². The molecule has 0 saturated heterocycles. The van der Waals surface area contributed by atoms with Crippen LogP contribution in [0.2, 0.25) is 0 Å². The predicted molar refractivity (Wildman–Crippen MR) is 64.9 cm³/mol. The summed E-state index contributed by atoms with van der Waals surface area (Å²) in [6.07, 6.45) is 0. The molecule has 0 spiro atoms. The Kier molecular flexibility index (Phi) is 4.31. The van der Waals surface area contributed by atoms with Crippen LogP contribution in [-0.2, 0) is 7.59 Å². The molecule has 0 fully saturated rings. The van der Waals surface area contributed by atoms with E-state index in [1.165, 1.54) is 6.07 Å². The van der Waals surface area contributed by atoms with Gasteiger partial charge in [-0.25, -0.2) is 4.39 Å². The number of benzene rings is 1. The van der Waals surface area contributed by atoms with E-state index in [2.05, 4.69) is 0 Å². The lowest BCUT2D eigenvalue weighted by Gasteiger charge is -2.21. The highest BCUT2D eigenvalue weighted by atomic mass is 35.6. The Bertz CT molecular complexity index is 364. The molecule has 0 unspecified atom stereocenters. The van der Waals surface area contributed by atoms with E-state index in [4.69, 9.17) is 69.6 Å². The smallest absolute Gasteiger partial charge is 0.207 e. The topological polar surface area (TPSA) is 0 Å². The van der Waals surface area contributed by atoms with Gasteiger partial charge in [-0.15, -0.1) is 0 Å². The van der Waals surface area contributed by atoms with Gasteiger partial charge in [-0.2, -0.15) is 0 Å². The highest BCUT2D eigenvalue weighted by Crippen LogP contribution is 2.48. The first-order valence-electron chi connectivity index (χ1n) is 3.56. The fraction of sp³-hybridized carbons (Fsp3) is 0.250. The third-order valence-electron chi connectivity index (χ3n) is 1.59. The second-order valence-electron chi connectivity index (χ2n) is 2.69. The Morgan fingerprint density at radius 3 is 1.67 bits per heavy atom. The highest BCUT2D eigenvalue weighted by molar-refractivity contribution is 6.69. The van der Waals surface area contributed by atoms with Crippen LogP contribution in [0.15, 0.2) is 18.2 Å². The molecule has 0 heterocycles. The van der Waals surface area contributed by atoms with E-state index in [-0.39, 0.29) is 11.1 Å². The second kappa shape index (κ2) is 4.64. The third-order valence-corrected chi connectivity index (χ3v) is 2.81. The molecule has 0 atom stereocenters. The maximum absolute atomic E-state index is 13.0. The molecule has 0 nitrogen and oxygen atoms in total. The van der Waals surface area contributed by atoms with Crippen molar-refractivity contribution >= 4 is 69.6 Å². The summed E-state index contributed by atoms with van der Waals surface area (Å²) in [5.41, 5.74) is 0.140. The van der Waals surface area contributed by atoms with Gasteiger partial charge in [-0.1, -0.05) is 75.7 Å². The molecule has 0 aromatic heterocycles. The number of alkyl halides is 6. The number of rotatable bonds is 0. The zero-order valence-corrected chi connectivity index (χ0v) is 11.4. The summed E-state index contributed by atoms with van der Waals surface area (Å²) in [5.74, 6) is -0.575. The van der Waals surface area contributed by atoms with Crippen LogP contribution in [0, 0.1) is 5.82 Å². The second-order valence-corrected chi connectivity index (χ2v) is 7.25. The van der Waals surface area contributed by atoms with Crippen LogP contribution in [-0.4, -0.2) is 0 Å². The highest BCUT2D eigenvalue weighted by Gasteiger charge is 2.34. The molecule has 1 rings (SSSR count). The van der Waals surface area contributed by atoms with Crippen molar-refractivity contribution in [2.75, 3.05) is 0 Å². The van der Waals surface area contributed by atoms with E-state index < -0.39 is 13.4 Å². The minimum Gasteiger partial charge on any atom is -0.207 e. The van der Waals surface area contributed by atoms with Crippen molar-refractivity contribution in [3.8, 4) is 0 Å². The van der Waals surface area contributed by atoms with Crippen molar-refractivity contribution in [1.82, 2.24) is 0 Å². The number of halogens is 7. The van der Waals surface area contributed by atoms with Gasteiger partial charge in [0.1, 0.15) is 5.82 Å². The fourth-order valence-electron chi connectivity index (χ4n) is 0.998. The Balaban J connectivity index is 3.41. The van der Waals surface area contributed by atoms with E-state index >= 15 is 0 Å². The van der Waals surface area contributed by atoms with Crippen molar-refractivity contribution in [1.29, 1.82) is 0 Å². The third kappa shape index (κ3) is 3.69. The first-order valence-corrected chi connectivity index (χ1v) is 5.83. The average molecular weight is 331 g/mol. The van der Waals surface area contributed by atoms with Crippen molar-refractivity contribution in [2.24, 2.45) is 0 Å². The molecule has 1 aromatic rings. The molecule has 0 N–H and O–H groups in total. The maximum Gasteiger partial charge on any atom is 0.216 e. The molecule has 0 bridgehead atoms. The number of hydrogen-bond acceptors (Lipinski definition) is 0. The molecule has 84 valence electrons. The number of hydrogen-bond donors (Lipinski definition) is 0. The van der Waals surface area contributed by atoms with Crippen LogP contribution in [0.5, 0.6) is 0 Å². The first-order chi connectivity index (χ1) is 6.62. The van der Waals surface area contributed by atoms with E-state index in [1.54, 1.807) is 0 Å². The molecule has 0 aliphatic heterocycles. The van der Waals surface area contributed by atoms with E-state index in [9.17, 15) is 4.39 Å². The van der Waals surface area contributed by atoms with Crippen LogP contribution in [0.4, 0.5) is 4.39 Å². The summed E-state index contributed by atoms with van der Waals surface area (Å²) in [4.78, 5) is 0. The van der Waals surface area contributed by atoms with Gasteiger partial charge in [0.2, 0.25) is 7.59 Å². The van der Waals surface area contributed by atoms with Crippen LogP contribution in [0.3, 0.4) is 0 Å². The summed E-state index contributed by atoms with van der Waals surface area (Å²) in [6, 6.07) is 3.40. The summed E-state index contributed by atoms with van der Waals surface area (Å²) in [6.45, 7) is 0. The lowest BCUT2D eigenvalue weighted by Crippen LogP contribution is -2.12. The molecule has 0 aliphatic carbocycles. The molecular weight excluding hydrogens is 328 g/mol. The predicted octanol–water partition coefficient (Wildman–Crippen LogP) is 5.48. The van der Waals surface area contributed by atoms with Gasteiger partial charge in [-0.05, 0) is 12.1 Å². The lowest BCUT2D eigenvalue weighted by atomic mass is 10.1. The summed E-state index contributed by atoms with van der Waals surface area (Å²) in [5, 5.41) is 0. The minimum atomic E-state index is -1.85. The van der Waals surface area contributed by atoms with Crippen molar-refractivity contribution in [3.05, 3.63) is 35.1 Å². The van der Waals surface area contributed by atoms with Gasteiger partial charge in [-0.3, -0.25) is 0 Å². The maximum atomic E-state index is 13.0.